The Hall–Kier alpha value is -1.60. The van der Waals surface area contributed by atoms with Gasteiger partial charge in [0.25, 0.3) is 0 Å². The van der Waals surface area contributed by atoms with Crippen LogP contribution in [0.4, 0.5) is 5.69 Å². The highest BCUT2D eigenvalue weighted by Crippen LogP contribution is 2.11. The number of hydrogen-bond donors (Lipinski definition) is 1. The molecule has 0 aliphatic carbocycles. The van der Waals surface area contributed by atoms with Crippen LogP contribution in [0.1, 0.15) is 12.0 Å². The number of rotatable bonds is 5. The fourth-order valence-corrected chi connectivity index (χ4v) is 1.25. The van der Waals surface area contributed by atoms with Crippen LogP contribution >= 0.6 is 0 Å². The highest BCUT2D eigenvalue weighted by Gasteiger charge is 1.99. The van der Waals surface area contributed by atoms with E-state index < -0.39 is 0 Å². The van der Waals surface area contributed by atoms with Crippen LogP contribution in [-0.2, 0) is 0 Å². The van der Waals surface area contributed by atoms with Crippen molar-refractivity contribution >= 4 is 5.69 Å². The second-order valence-electron chi connectivity index (χ2n) is 3.62. The zero-order valence-electron chi connectivity index (χ0n) is 9.20. The van der Waals surface area contributed by atoms with Crippen molar-refractivity contribution in [1.29, 1.82) is 5.26 Å². The molecule has 15 heavy (non-hydrogen) atoms. The second-order valence-corrected chi connectivity index (χ2v) is 3.62. The summed E-state index contributed by atoms with van der Waals surface area (Å²) in [6, 6.07) is 3.85. The van der Waals surface area contributed by atoms with Crippen molar-refractivity contribution in [2.75, 3.05) is 32.5 Å². The molecule has 0 bridgehead atoms. The molecule has 0 amide bonds. The van der Waals surface area contributed by atoms with Gasteiger partial charge < -0.3 is 10.2 Å². The van der Waals surface area contributed by atoms with Crippen molar-refractivity contribution in [3.8, 4) is 6.07 Å². The molecule has 0 aliphatic rings. The van der Waals surface area contributed by atoms with E-state index in [-0.39, 0.29) is 0 Å². The molecule has 1 aromatic rings. The molecule has 0 radical (unpaired) electrons. The normalized spacial score (nSPS) is 10.0. The number of pyridine rings is 1. The Morgan fingerprint density at radius 2 is 2.33 bits per heavy atom. The van der Waals surface area contributed by atoms with Crippen LogP contribution in [0.5, 0.6) is 0 Å². The maximum absolute atomic E-state index is 8.84. The lowest BCUT2D eigenvalue weighted by Crippen LogP contribution is -2.16. The minimum Gasteiger partial charge on any atom is -0.383 e. The van der Waals surface area contributed by atoms with Gasteiger partial charge in [0.2, 0.25) is 0 Å². The van der Waals surface area contributed by atoms with Gasteiger partial charge in [0.05, 0.1) is 17.4 Å². The summed E-state index contributed by atoms with van der Waals surface area (Å²) in [5.41, 5.74) is 1.47. The van der Waals surface area contributed by atoms with Gasteiger partial charge in [-0.2, -0.15) is 5.26 Å². The lowest BCUT2D eigenvalue weighted by molar-refractivity contribution is 0.405. The molecule has 0 aromatic carbocycles. The summed E-state index contributed by atoms with van der Waals surface area (Å²) in [6.45, 7) is 1.90. The van der Waals surface area contributed by atoms with E-state index in [1.165, 1.54) is 0 Å². The summed E-state index contributed by atoms with van der Waals surface area (Å²) in [7, 11) is 4.09. The topological polar surface area (TPSA) is 52.0 Å². The monoisotopic (exact) mass is 204 g/mol. The zero-order valence-corrected chi connectivity index (χ0v) is 9.20. The van der Waals surface area contributed by atoms with E-state index in [4.69, 9.17) is 5.26 Å². The largest absolute Gasteiger partial charge is 0.383 e. The van der Waals surface area contributed by atoms with Crippen LogP contribution < -0.4 is 5.32 Å². The minimum atomic E-state index is 0.648. The molecule has 0 fully saturated rings. The lowest BCUT2D eigenvalue weighted by Gasteiger charge is -2.10. The summed E-state index contributed by atoms with van der Waals surface area (Å²) in [5, 5.41) is 12.0. The molecule has 4 heteroatoms. The predicted molar refractivity (Wildman–Crippen MR) is 60.6 cm³/mol. The van der Waals surface area contributed by atoms with Crippen molar-refractivity contribution in [2.24, 2.45) is 0 Å². The van der Waals surface area contributed by atoms with Crippen LogP contribution in [0, 0.1) is 11.3 Å². The van der Waals surface area contributed by atoms with E-state index in [1.807, 2.05) is 14.1 Å². The molecule has 80 valence electrons. The third-order valence-electron chi connectivity index (χ3n) is 2.04. The van der Waals surface area contributed by atoms with Crippen molar-refractivity contribution in [1.82, 2.24) is 9.88 Å². The number of nitriles is 1. The van der Waals surface area contributed by atoms with Gasteiger partial charge in [0.1, 0.15) is 6.07 Å². The Morgan fingerprint density at radius 3 is 3.00 bits per heavy atom. The Balaban J connectivity index is 2.41. The Morgan fingerprint density at radius 1 is 1.53 bits per heavy atom. The maximum atomic E-state index is 8.84. The molecule has 0 aliphatic heterocycles. The van der Waals surface area contributed by atoms with Crippen molar-refractivity contribution in [3.05, 3.63) is 24.0 Å². The number of aromatic nitrogens is 1. The smallest absolute Gasteiger partial charge is 0.101 e. The highest BCUT2D eigenvalue weighted by molar-refractivity contribution is 5.55. The highest BCUT2D eigenvalue weighted by atomic mass is 15.1. The zero-order chi connectivity index (χ0) is 11.1. The average molecular weight is 204 g/mol. The van der Waals surface area contributed by atoms with Gasteiger partial charge in [-0.25, -0.2) is 0 Å². The van der Waals surface area contributed by atoms with E-state index >= 15 is 0 Å². The van der Waals surface area contributed by atoms with E-state index in [0.29, 0.717) is 5.56 Å². The first kappa shape index (κ1) is 11.5. The predicted octanol–water partition coefficient (Wildman–Crippen LogP) is 1.32. The first-order chi connectivity index (χ1) is 7.24. The molecule has 0 saturated carbocycles. The van der Waals surface area contributed by atoms with Gasteiger partial charge in [-0.1, -0.05) is 0 Å². The van der Waals surface area contributed by atoms with Crippen LogP contribution in [0.25, 0.3) is 0 Å². The molecule has 0 unspecified atom stereocenters. The number of anilines is 1. The Labute approximate surface area is 90.5 Å². The van der Waals surface area contributed by atoms with Crippen LogP contribution in [0.2, 0.25) is 0 Å². The van der Waals surface area contributed by atoms with Gasteiger partial charge in [-0.3, -0.25) is 4.98 Å². The summed E-state index contributed by atoms with van der Waals surface area (Å²) < 4.78 is 0. The van der Waals surface area contributed by atoms with Crippen molar-refractivity contribution < 1.29 is 0 Å². The number of nitrogens with one attached hydrogen (secondary N) is 1. The van der Waals surface area contributed by atoms with E-state index in [1.54, 1.807) is 18.5 Å². The molecule has 0 atom stereocenters. The SMILES string of the molecule is CN(C)CCCNc1cnccc1C#N. The van der Waals surface area contributed by atoms with Gasteiger partial charge in [-0.05, 0) is 33.1 Å². The molecule has 0 spiro atoms. The molecule has 4 nitrogen and oxygen atoms in total. The third-order valence-corrected chi connectivity index (χ3v) is 2.04. The lowest BCUT2D eigenvalue weighted by atomic mass is 10.2. The van der Waals surface area contributed by atoms with Crippen LogP contribution in [0.15, 0.2) is 18.5 Å². The summed E-state index contributed by atoms with van der Waals surface area (Å²) in [4.78, 5) is 6.12. The first-order valence-corrected chi connectivity index (χ1v) is 4.96. The molecular formula is C11H16N4. The quantitative estimate of drug-likeness (QED) is 0.735. The number of hydrogen-bond acceptors (Lipinski definition) is 4. The van der Waals surface area contributed by atoms with E-state index in [2.05, 4.69) is 21.3 Å². The standard InChI is InChI=1S/C11H16N4/c1-15(2)7-3-5-14-11-9-13-6-4-10(11)8-12/h4,6,9,14H,3,5,7H2,1-2H3. The molecule has 1 aromatic heterocycles. The fourth-order valence-electron chi connectivity index (χ4n) is 1.25. The minimum absolute atomic E-state index is 0.648. The molecule has 1 N–H and O–H groups in total. The summed E-state index contributed by atoms with van der Waals surface area (Å²) >= 11 is 0. The van der Waals surface area contributed by atoms with E-state index in [0.717, 1.165) is 25.2 Å². The van der Waals surface area contributed by atoms with Gasteiger partial charge >= 0.3 is 0 Å². The van der Waals surface area contributed by atoms with Gasteiger partial charge in [0, 0.05) is 12.7 Å². The Bertz CT molecular complexity index is 341. The summed E-state index contributed by atoms with van der Waals surface area (Å²) in [6.07, 6.45) is 4.37. The van der Waals surface area contributed by atoms with Crippen LogP contribution in [-0.4, -0.2) is 37.1 Å². The second kappa shape index (κ2) is 5.99. The van der Waals surface area contributed by atoms with Crippen molar-refractivity contribution in [2.45, 2.75) is 6.42 Å². The fraction of sp³-hybridized carbons (Fsp3) is 0.455. The average Bonchev–Trinajstić information content (AvgIpc) is 2.24. The summed E-state index contributed by atoms with van der Waals surface area (Å²) in [5.74, 6) is 0. The molecule has 1 rings (SSSR count). The first-order valence-electron chi connectivity index (χ1n) is 4.96. The number of nitrogens with zero attached hydrogens (tertiary/aromatic N) is 3. The van der Waals surface area contributed by atoms with E-state index in [9.17, 15) is 0 Å². The third kappa shape index (κ3) is 3.96. The van der Waals surface area contributed by atoms with Gasteiger partial charge in [0.15, 0.2) is 0 Å². The molecular weight excluding hydrogens is 188 g/mol. The van der Waals surface area contributed by atoms with Gasteiger partial charge in [-0.15, -0.1) is 0 Å². The maximum Gasteiger partial charge on any atom is 0.101 e. The molecule has 0 saturated heterocycles. The Kier molecular flexibility index (Phi) is 4.58. The van der Waals surface area contributed by atoms with Crippen molar-refractivity contribution in [3.63, 3.8) is 0 Å². The van der Waals surface area contributed by atoms with Crippen LogP contribution in [0.3, 0.4) is 0 Å². The molecule has 1 heterocycles.